The van der Waals surface area contributed by atoms with Gasteiger partial charge in [0, 0.05) is 51.4 Å². The van der Waals surface area contributed by atoms with Gasteiger partial charge < -0.3 is 14.5 Å². The quantitative estimate of drug-likeness (QED) is 0.461. The third-order valence-electron chi connectivity index (χ3n) is 9.19. The zero-order valence-corrected chi connectivity index (χ0v) is 23.1. The highest BCUT2D eigenvalue weighted by molar-refractivity contribution is 5.94. The molecule has 2 amide bonds. The first-order chi connectivity index (χ1) is 18.3. The molecule has 0 radical (unpaired) electrons. The topological polar surface area (TPSA) is 53.1 Å². The van der Waals surface area contributed by atoms with Crippen molar-refractivity contribution in [3.05, 3.63) is 77.4 Å². The van der Waals surface area contributed by atoms with Gasteiger partial charge in [-0.15, -0.1) is 0 Å². The molecule has 6 rings (SSSR count). The number of rotatable bonds is 9. The molecular weight excluding hydrogens is 474 g/mol. The van der Waals surface area contributed by atoms with E-state index < -0.39 is 0 Å². The number of carbonyl (C=O) groups excluding carboxylic acids is 2. The van der Waals surface area contributed by atoms with Gasteiger partial charge in [-0.25, -0.2) is 0 Å². The van der Waals surface area contributed by atoms with Crippen LogP contribution in [-0.2, 0) is 11.2 Å². The van der Waals surface area contributed by atoms with Crippen LogP contribution in [0.15, 0.2) is 66.2 Å². The third kappa shape index (κ3) is 5.65. The predicted octanol–water partition coefficient (Wildman–Crippen LogP) is 4.52. The van der Waals surface area contributed by atoms with Crippen LogP contribution < -0.4 is 4.74 Å². The SMILES string of the molecule is COc1ccc(C(=O)N2CCN(CCN(CC3=CCC4CC3C4(C)C)C(=O)Cc3ccccc3)CC2)cc1. The van der Waals surface area contributed by atoms with Gasteiger partial charge in [0.05, 0.1) is 13.5 Å². The molecule has 0 aromatic heterocycles. The van der Waals surface area contributed by atoms with Crippen LogP contribution in [0.25, 0.3) is 0 Å². The first kappa shape index (κ1) is 26.5. The van der Waals surface area contributed by atoms with E-state index >= 15 is 0 Å². The zero-order valence-electron chi connectivity index (χ0n) is 23.1. The van der Waals surface area contributed by atoms with Crippen LogP contribution in [0, 0.1) is 17.3 Å². The molecule has 2 bridgehead atoms. The number of hydrogen-bond donors (Lipinski definition) is 0. The molecule has 6 nitrogen and oxygen atoms in total. The van der Waals surface area contributed by atoms with E-state index in [1.807, 2.05) is 59.5 Å². The Morgan fingerprint density at radius 1 is 1.00 bits per heavy atom. The van der Waals surface area contributed by atoms with Crippen molar-refractivity contribution < 1.29 is 14.3 Å². The molecule has 3 aliphatic carbocycles. The van der Waals surface area contributed by atoms with E-state index in [2.05, 4.69) is 29.7 Å². The van der Waals surface area contributed by atoms with Crippen molar-refractivity contribution in [3.63, 3.8) is 0 Å². The second kappa shape index (κ2) is 11.3. The van der Waals surface area contributed by atoms with Crippen LogP contribution in [0.1, 0.15) is 42.6 Å². The second-order valence-corrected chi connectivity index (χ2v) is 11.7. The number of allylic oxidation sites excluding steroid dienone is 1. The molecule has 2 unspecified atom stereocenters. The Balaban J connectivity index is 1.18. The molecule has 2 aromatic carbocycles. The maximum absolute atomic E-state index is 13.5. The van der Waals surface area contributed by atoms with Crippen molar-refractivity contribution >= 4 is 11.8 Å². The lowest BCUT2D eigenvalue weighted by molar-refractivity contribution is -0.130. The maximum atomic E-state index is 13.5. The Labute approximate surface area is 227 Å². The number of ether oxygens (including phenoxy) is 1. The summed E-state index contributed by atoms with van der Waals surface area (Å²) in [5.41, 5.74) is 3.56. The largest absolute Gasteiger partial charge is 0.497 e. The molecule has 2 aromatic rings. The molecule has 1 heterocycles. The summed E-state index contributed by atoms with van der Waals surface area (Å²) in [7, 11) is 1.63. The zero-order chi connectivity index (χ0) is 26.7. The van der Waals surface area contributed by atoms with Crippen molar-refractivity contribution in [2.45, 2.75) is 33.1 Å². The van der Waals surface area contributed by atoms with E-state index in [-0.39, 0.29) is 11.8 Å². The highest BCUT2D eigenvalue weighted by atomic mass is 16.5. The molecule has 0 N–H and O–H groups in total. The molecule has 2 atom stereocenters. The Morgan fingerprint density at radius 3 is 2.34 bits per heavy atom. The highest BCUT2D eigenvalue weighted by Gasteiger charge is 2.51. The Kier molecular flexibility index (Phi) is 7.89. The summed E-state index contributed by atoms with van der Waals surface area (Å²) in [5.74, 6) is 2.41. The summed E-state index contributed by atoms with van der Waals surface area (Å²) in [5, 5.41) is 0. The van der Waals surface area contributed by atoms with Gasteiger partial charge in [0.1, 0.15) is 5.75 Å². The summed E-state index contributed by atoms with van der Waals surface area (Å²) in [4.78, 5) is 32.9. The second-order valence-electron chi connectivity index (χ2n) is 11.7. The molecule has 1 saturated heterocycles. The van der Waals surface area contributed by atoms with Crippen LogP contribution in [-0.4, -0.2) is 79.4 Å². The van der Waals surface area contributed by atoms with Crippen molar-refractivity contribution in [1.29, 1.82) is 0 Å². The third-order valence-corrected chi connectivity index (χ3v) is 9.19. The molecule has 202 valence electrons. The van der Waals surface area contributed by atoms with E-state index in [1.165, 1.54) is 12.0 Å². The minimum atomic E-state index is 0.0672. The summed E-state index contributed by atoms with van der Waals surface area (Å²) in [6.45, 7) is 10.1. The lowest BCUT2D eigenvalue weighted by Gasteiger charge is -2.57. The first-order valence-electron chi connectivity index (χ1n) is 14.0. The lowest BCUT2D eigenvalue weighted by atomic mass is 9.49. The number of nitrogens with zero attached hydrogens (tertiary/aromatic N) is 3. The van der Waals surface area contributed by atoms with E-state index in [4.69, 9.17) is 4.74 Å². The van der Waals surface area contributed by atoms with E-state index in [0.29, 0.717) is 43.0 Å². The summed E-state index contributed by atoms with van der Waals surface area (Å²) >= 11 is 0. The maximum Gasteiger partial charge on any atom is 0.253 e. The minimum Gasteiger partial charge on any atom is -0.497 e. The Morgan fingerprint density at radius 2 is 1.71 bits per heavy atom. The average molecular weight is 516 g/mol. The summed E-state index contributed by atoms with van der Waals surface area (Å²) in [6.07, 6.45) is 5.26. The van der Waals surface area contributed by atoms with Crippen LogP contribution in [0.5, 0.6) is 5.75 Å². The fourth-order valence-corrected chi connectivity index (χ4v) is 6.40. The number of methoxy groups -OCH3 is 1. The first-order valence-corrected chi connectivity index (χ1v) is 14.0. The highest BCUT2D eigenvalue weighted by Crippen LogP contribution is 2.59. The van der Waals surface area contributed by atoms with Gasteiger partial charge in [0.15, 0.2) is 0 Å². The number of amides is 2. The predicted molar refractivity (Wildman–Crippen MR) is 150 cm³/mol. The monoisotopic (exact) mass is 515 g/mol. The van der Waals surface area contributed by atoms with Gasteiger partial charge >= 0.3 is 0 Å². The number of carbonyl (C=O) groups is 2. The summed E-state index contributed by atoms with van der Waals surface area (Å²) in [6, 6.07) is 17.4. The number of benzene rings is 2. The van der Waals surface area contributed by atoms with E-state index in [9.17, 15) is 9.59 Å². The summed E-state index contributed by atoms with van der Waals surface area (Å²) < 4.78 is 5.21. The van der Waals surface area contributed by atoms with Gasteiger partial charge in [-0.3, -0.25) is 14.5 Å². The van der Waals surface area contributed by atoms with Crippen molar-refractivity contribution in [1.82, 2.24) is 14.7 Å². The Bertz CT molecular complexity index is 1150. The molecular formula is C32H41N3O3. The normalized spacial score (nSPS) is 22.3. The van der Waals surface area contributed by atoms with Crippen LogP contribution >= 0.6 is 0 Å². The lowest BCUT2D eigenvalue weighted by Crippen LogP contribution is -2.52. The van der Waals surface area contributed by atoms with Gasteiger partial charge in [0.2, 0.25) is 5.91 Å². The van der Waals surface area contributed by atoms with E-state index in [0.717, 1.165) is 49.8 Å². The Hall–Kier alpha value is -3.12. The van der Waals surface area contributed by atoms with Crippen LogP contribution in [0.2, 0.25) is 0 Å². The average Bonchev–Trinajstić information content (AvgIpc) is 2.95. The smallest absolute Gasteiger partial charge is 0.253 e. The van der Waals surface area contributed by atoms with Crippen molar-refractivity contribution in [2.24, 2.45) is 17.3 Å². The van der Waals surface area contributed by atoms with Gasteiger partial charge in [0.25, 0.3) is 5.91 Å². The molecule has 4 aliphatic rings. The minimum absolute atomic E-state index is 0.0672. The number of hydrogen-bond acceptors (Lipinski definition) is 4. The molecule has 6 heteroatoms. The van der Waals surface area contributed by atoms with Gasteiger partial charge in [-0.1, -0.05) is 55.8 Å². The van der Waals surface area contributed by atoms with E-state index in [1.54, 1.807) is 7.11 Å². The fraction of sp³-hybridized carbons (Fsp3) is 0.500. The number of fused-ring (bicyclic) bond motifs is 1. The van der Waals surface area contributed by atoms with Gasteiger partial charge in [-0.05, 0) is 59.9 Å². The van der Waals surface area contributed by atoms with Crippen molar-refractivity contribution in [3.8, 4) is 5.75 Å². The standard InChI is InChI=1S/C32H41N3O3/c1-32(2)27-12-9-26(29(32)22-27)23-35(30(36)21-24-7-5-4-6-8-24)20-17-33-15-18-34(19-16-33)31(37)25-10-13-28(38-3)14-11-25/h4-11,13-14,27,29H,12,15-23H2,1-3H3. The molecule has 1 aliphatic heterocycles. The van der Waals surface area contributed by atoms with Crippen molar-refractivity contribution in [2.75, 3.05) is 52.9 Å². The molecule has 38 heavy (non-hydrogen) atoms. The van der Waals surface area contributed by atoms with Crippen LogP contribution in [0.3, 0.4) is 0 Å². The van der Waals surface area contributed by atoms with Gasteiger partial charge in [-0.2, -0.15) is 0 Å². The molecule has 1 saturated carbocycles. The van der Waals surface area contributed by atoms with Crippen LogP contribution in [0.4, 0.5) is 0 Å². The molecule has 0 spiro atoms. The fourth-order valence-electron chi connectivity index (χ4n) is 6.40. The number of piperazine rings is 1. The molecule has 2 fully saturated rings.